The third-order valence-corrected chi connectivity index (χ3v) is 7.41. The number of benzene rings is 2. The lowest BCUT2D eigenvalue weighted by atomic mass is 10.1. The number of thioether (sulfide) groups is 1. The second-order valence-electron chi connectivity index (χ2n) is 8.23. The maximum Gasteiger partial charge on any atom is 0.233 e. The molecule has 0 saturated carbocycles. The molecule has 3 aromatic rings. The van der Waals surface area contributed by atoms with Gasteiger partial charge in [-0.1, -0.05) is 55.0 Å². The van der Waals surface area contributed by atoms with Crippen molar-refractivity contribution in [3.8, 4) is 0 Å². The van der Waals surface area contributed by atoms with Gasteiger partial charge in [0.15, 0.2) is 5.13 Å². The molecule has 2 aromatic carbocycles. The maximum atomic E-state index is 13.3. The SMILES string of the molecule is Cc1ccc(Cl)c2sc(N(CCCN(C)C)C(=O)Cc3ccc(SC(C)C)cc3)nc12. The van der Waals surface area contributed by atoms with Gasteiger partial charge in [0, 0.05) is 16.7 Å². The van der Waals surface area contributed by atoms with Crippen molar-refractivity contribution < 1.29 is 4.79 Å². The molecule has 0 fully saturated rings. The number of aromatic nitrogens is 1. The molecule has 1 amide bonds. The quantitative estimate of drug-likeness (QED) is 0.341. The first-order chi connectivity index (χ1) is 14.7. The standard InChI is InChI=1S/C24H30ClN3OS2/c1-16(2)30-19-10-8-18(9-11-19)15-21(29)28(14-6-13-27(4)5)24-26-22-17(3)7-12-20(25)23(22)31-24/h7-12,16H,6,13-15H2,1-5H3. The van der Waals surface area contributed by atoms with Crippen LogP contribution in [-0.4, -0.2) is 48.2 Å². The van der Waals surface area contributed by atoms with Gasteiger partial charge in [-0.3, -0.25) is 9.69 Å². The predicted octanol–water partition coefficient (Wildman–Crippen LogP) is 6.29. The van der Waals surface area contributed by atoms with Crippen molar-refractivity contribution in [1.29, 1.82) is 0 Å². The van der Waals surface area contributed by atoms with Crippen molar-refractivity contribution in [2.75, 3.05) is 32.1 Å². The second-order valence-corrected chi connectivity index (χ2v) is 11.3. The first-order valence-electron chi connectivity index (χ1n) is 10.5. The van der Waals surface area contributed by atoms with Crippen LogP contribution in [0.25, 0.3) is 10.2 Å². The summed E-state index contributed by atoms with van der Waals surface area (Å²) in [4.78, 5) is 23.3. The monoisotopic (exact) mass is 475 g/mol. The maximum absolute atomic E-state index is 13.3. The highest BCUT2D eigenvalue weighted by Gasteiger charge is 2.21. The minimum atomic E-state index is 0.0656. The number of hydrogen-bond donors (Lipinski definition) is 0. The number of carbonyl (C=O) groups excluding carboxylic acids is 1. The molecule has 1 aromatic heterocycles. The van der Waals surface area contributed by atoms with Gasteiger partial charge in [-0.25, -0.2) is 4.98 Å². The Morgan fingerprint density at radius 2 is 1.84 bits per heavy atom. The molecule has 0 atom stereocenters. The molecule has 0 aliphatic carbocycles. The van der Waals surface area contributed by atoms with Crippen LogP contribution < -0.4 is 4.90 Å². The van der Waals surface area contributed by atoms with Gasteiger partial charge in [-0.15, -0.1) is 11.8 Å². The van der Waals surface area contributed by atoms with Crippen molar-refractivity contribution in [1.82, 2.24) is 9.88 Å². The average molecular weight is 476 g/mol. The summed E-state index contributed by atoms with van der Waals surface area (Å²) < 4.78 is 0.942. The van der Waals surface area contributed by atoms with E-state index in [-0.39, 0.29) is 5.91 Å². The van der Waals surface area contributed by atoms with Crippen LogP contribution in [0, 0.1) is 6.92 Å². The lowest BCUT2D eigenvalue weighted by Crippen LogP contribution is -2.34. The van der Waals surface area contributed by atoms with E-state index in [9.17, 15) is 4.79 Å². The highest BCUT2D eigenvalue weighted by Crippen LogP contribution is 2.36. The number of thiazole rings is 1. The molecule has 0 N–H and O–H groups in total. The Kier molecular flexibility index (Phi) is 8.39. The summed E-state index contributed by atoms with van der Waals surface area (Å²) in [5, 5.41) is 1.94. The fourth-order valence-corrected chi connectivity index (χ4v) is 5.50. The van der Waals surface area contributed by atoms with Crippen LogP contribution in [0.4, 0.5) is 5.13 Å². The molecule has 0 aliphatic heterocycles. The summed E-state index contributed by atoms with van der Waals surface area (Å²) in [5.41, 5.74) is 2.97. The normalized spacial score (nSPS) is 11.6. The van der Waals surface area contributed by atoms with Crippen molar-refractivity contribution in [3.63, 3.8) is 0 Å². The zero-order valence-corrected chi connectivity index (χ0v) is 21.2. The highest BCUT2D eigenvalue weighted by molar-refractivity contribution is 7.99. The number of nitrogens with zero attached hydrogens (tertiary/aromatic N) is 3. The molecule has 166 valence electrons. The number of aryl methyl sites for hydroxylation is 1. The third kappa shape index (κ3) is 6.45. The Morgan fingerprint density at radius 3 is 2.45 bits per heavy atom. The smallest absolute Gasteiger partial charge is 0.233 e. The minimum absolute atomic E-state index is 0.0656. The van der Waals surface area contributed by atoms with E-state index in [1.165, 1.54) is 16.2 Å². The van der Waals surface area contributed by atoms with E-state index in [1.807, 2.05) is 49.8 Å². The molecule has 0 aliphatic rings. The number of carbonyl (C=O) groups is 1. The number of hydrogen-bond acceptors (Lipinski definition) is 5. The fourth-order valence-electron chi connectivity index (χ4n) is 3.31. The summed E-state index contributed by atoms with van der Waals surface area (Å²) in [7, 11) is 4.09. The summed E-state index contributed by atoms with van der Waals surface area (Å²) in [6.45, 7) is 7.93. The summed E-state index contributed by atoms with van der Waals surface area (Å²) >= 11 is 9.74. The lowest BCUT2D eigenvalue weighted by Gasteiger charge is -2.21. The van der Waals surface area contributed by atoms with Gasteiger partial charge in [0.2, 0.25) is 5.91 Å². The van der Waals surface area contributed by atoms with E-state index in [4.69, 9.17) is 16.6 Å². The van der Waals surface area contributed by atoms with Crippen LogP contribution in [0.3, 0.4) is 0 Å². The van der Waals surface area contributed by atoms with E-state index in [0.717, 1.165) is 39.4 Å². The molecule has 0 unspecified atom stereocenters. The van der Waals surface area contributed by atoms with Gasteiger partial charge in [-0.2, -0.15) is 0 Å². The van der Waals surface area contributed by atoms with Crippen LogP contribution in [0.1, 0.15) is 31.4 Å². The van der Waals surface area contributed by atoms with E-state index in [0.29, 0.717) is 23.2 Å². The van der Waals surface area contributed by atoms with Crippen LogP contribution in [0.5, 0.6) is 0 Å². The van der Waals surface area contributed by atoms with Gasteiger partial charge in [0.25, 0.3) is 0 Å². The third-order valence-electron chi connectivity index (χ3n) is 4.86. The number of rotatable bonds is 9. The first-order valence-corrected chi connectivity index (χ1v) is 12.6. The summed E-state index contributed by atoms with van der Waals surface area (Å²) in [6, 6.07) is 12.2. The fraction of sp³-hybridized carbons (Fsp3) is 0.417. The Morgan fingerprint density at radius 1 is 1.13 bits per heavy atom. The number of halogens is 1. The molecule has 0 spiro atoms. The van der Waals surface area contributed by atoms with Gasteiger partial charge in [0.1, 0.15) is 0 Å². The Hall–Kier alpha value is -1.60. The van der Waals surface area contributed by atoms with Gasteiger partial charge >= 0.3 is 0 Å². The average Bonchev–Trinajstić information content (AvgIpc) is 3.15. The van der Waals surface area contributed by atoms with Crippen LogP contribution in [-0.2, 0) is 11.2 Å². The van der Waals surface area contributed by atoms with E-state index in [2.05, 4.69) is 43.0 Å². The Bertz CT molecular complexity index is 992. The molecule has 0 saturated heterocycles. The van der Waals surface area contributed by atoms with Crippen LogP contribution in [0.2, 0.25) is 5.02 Å². The molecule has 0 bridgehead atoms. The van der Waals surface area contributed by atoms with Crippen molar-refractivity contribution in [2.45, 2.75) is 43.8 Å². The number of fused-ring (bicyclic) bond motifs is 1. The molecule has 0 radical (unpaired) electrons. The van der Waals surface area contributed by atoms with Gasteiger partial charge in [-0.05, 0) is 63.3 Å². The Labute approximate surface area is 198 Å². The highest BCUT2D eigenvalue weighted by atomic mass is 35.5. The van der Waals surface area contributed by atoms with Crippen molar-refractivity contribution >= 4 is 56.0 Å². The molecule has 7 heteroatoms. The molecular formula is C24H30ClN3OS2. The molecular weight excluding hydrogens is 446 g/mol. The number of amides is 1. The Balaban J connectivity index is 1.83. The zero-order chi connectivity index (χ0) is 22.5. The largest absolute Gasteiger partial charge is 0.309 e. The first kappa shape index (κ1) is 24.1. The van der Waals surface area contributed by atoms with Gasteiger partial charge < -0.3 is 4.90 Å². The summed E-state index contributed by atoms with van der Waals surface area (Å²) in [5.74, 6) is 0.0656. The summed E-state index contributed by atoms with van der Waals surface area (Å²) in [6.07, 6.45) is 1.24. The van der Waals surface area contributed by atoms with E-state index >= 15 is 0 Å². The van der Waals surface area contributed by atoms with Crippen molar-refractivity contribution in [2.24, 2.45) is 0 Å². The molecule has 3 rings (SSSR count). The van der Waals surface area contributed by atoms with E-state index < -0.39 is 0 Å². The molecule has 4 nitrogen and oxygen atoms in total. The topological polar surface area (TPSA) is 36.4 Å². The van der Waals surface area contributed by atoms with Gasteiger partial charge in [0.05, 0.1) is 21.7 Å². The van der Waals surface area contributed by atoms with Crippen LogP contribution in [0.15, 0.2) is 41.3 Å². The minimum Gasteiger partial charge on any atom is -0.309 e. The van der Waals surface area contributed by atoms with Crippen molar-refractivity contribution in [3.05, 3.63) is 52.5 Å². The lowest BCUT2D eigenvalue weighted by molar-refractivity contribution is -0.118. The number of anilines is 1. The predicted molar refractivity (Wildman–Crippen MR) is 136 cm³/mol. The van der Waals surface area contributed by atoms with E-state index in [1.54, 1.807) is 0 Å². The molecule has 31 heavy (non-hydrogen) atoms. The zero-order valence-electron chi connectivity index (χ0n) is 18.8. The second kappa shape index (κ2) is 10.8. The molecule has 1 heterocycles. The van der Waals surface area contributed by atoms with Crippen LogP contribution >= 0.6 is 34.7 Å².